The van der Waals surface area contributed by atoms with Crippen molar-refractivity contribution >= 4 is 15.9 Å². The normalized spacial score (nSPS) is 11.4. The average Bonchev–Trinajstić information content (AvgIpc) is 2.26. The number of ether oxygens (including phenoxy) is 1. The highest BCUT2D eigenvalue weighted by Gasteiger charge is 2.16. The molecule has 112 valence electrons. The molecule has 0 radical (unpaired) electrons. The Labute approximate surface area is 115 Å². The van der Waals surface area contributed by atoms with Crippen molar-refractivity contribution in [2.75, 3.05) is 25.5 Å². The maximum absolute atomic E-state index is 11.5. The molecule has 1 amide bonds. The van der Waals surface area contributed by atoms with Crippen LogP contribution in [0, 0.1) is 5.92 Å². The molecule has 0 atom stereocenters. The third kappa shape index (κ3) is 10.5. The van der Waals surface area contributed by atoms with E-state index in [9.17, 15) is 13.2 Å². The van der Waals surface area contributed by atoms with Crippen LogP contribution < -0.4 is 10.0 Å². The zero-order valence-corrected chi connectivity index (χ0v) is 12.7. The number of carbonyl (C=O) groups excluding carboxylic acids is 1. The molecule has 0 saturated heterocycles. The van der Waals surface area contributed by atoms with Gasteiger partial charge in [-0.1, -0.05) is 20.4 Å². The predicted octanol–water partition coefficient (Wildman–Crippen LogP) is 0.618. The second-order valence-electron chi connectivity index (χ2n) is 4.61. The predicted molar refractivity (Wildman–Crippen MR) is 75.0 cm³/mol. The van der Waals surface area contributed by atoms with Crippen LogP contribution in [0.1, 0.15) is 27.2 Å². The molecular weight excluding hydrogens is 268 g/mol. The number of amides is 1. The van der Waals surface area contributed by atoms with Crippen LogP contribution in [0.25, 0.3) is 0 Å². The molecule has 0 aliphatic carbocycles. The molecule has 0 unspecified atom stereocenters. The molecule has 0 saturated carbocycles. The van der Waals surface area contributed by atoms with Gasteiger partial charge in [0.1, 0.15) is 0 Å². The first-order valence-electron chi connectivity index (χ1n) is 6.26. The number of rotatable bonds is 10. The standard InChI is InChI=1S/C12H24N2O4S/c1-10(2)12(15)14-19(16,17)9-5-7-18-8-6-13-11(3)4/h10,13H,3,5-9H2,1-2,4H3,(H,14,15). The molecule has 0 fully saturated rings. The second-order valence-corrected chi connectivity index (χ2v) is 6.45. The lowest BCUT2D eigenvalue weighted by molar-refractivity contribution is -0.122. The van der Waals surface area contributed by atoms with Crippen molar-refractivity contribution in [3.8, 4) is 0 Å². The lowest BCUT2D eigenvalue weighted by Gasteiger charge is -2.09. The minimum absolute atomic E-state index is 0.112. The molecule has 2 N–H and O–H groups in total. The maximum atomic E-state index is 11.5. The molecule has 0 aliphatic heterocycles. The van der Waals surface area contributed by atoms with Gasteiger partial charge in [-0.3, -0.25) is 9.52 Å². The summed E-state index contributed by atoms with van der Waals surface area (Å²) in [6.45, 7) is 10.3. The topological polar surface area (TPSA) is 84.5 Å². The van der Waals surface area contributed by atoms with Gasteiger partial charge >= 0.3 is 0 Å². The second kappa shape index (κ2) is 8.92. The number of sulfonamides is 1. The molecule has 6 nitrogen and oxygen atoms in total. The Morgan fingerprint density at radius 2 is 1.95 bits per heavy atom. The average molecular weight is 292 g/mol. The van der Waals surface area contributed by atoms with Crippen LogP contribution in [0.2, 0.25) is 0 Å². The third-order valence-corrected chi connectivity index (χ3v) is 3.49. The van der Waals surface area contributed by atoms with E-state index in [1.54, 1.807) is 13.8 Å². The summed E-state index contributed by atoms with van der Waals surface area (Å²) >= 11 is 0. The monoisotopic (exact) mass is 292 g/mol. The first kappa shape index (κ1) is 17.9. The minimum Gasteiger partial charge on any atom is -0.387 e. The summed E-state index contributed by atoms with van der Waals surface area (Å²) in [5, 5.41) is 3.00. The van der Waals surface area contributed by atoms with Gasteiger partial charge in [0, 0.05) is 24.8 Å². The molecule has 0 aromatic rings. The first-order chi connectivity index (χ1) is 8.74. The Balaban J connectivity index is 3.70. The molecule has 0 rings (SSSR count). The summed E-state index contributed by atoms with van der Waals surface area (Å²) in [4.78, 5) is 11.3. The van der Waals surface area contributed by atoms with Crippen LogP contribution in [-0.4, -0.2) is 39.8 Å². The van der Waals surface area contributed by atoms with E-state index in [1.807, 2.05) is 11.6 Å². The maximum Gasteiger partial charge on any atom is 0.235 e. The van der Waals surface area contributed by atoms with E-state index in [0.717, 1.165) is 5.70 Å². The van der Waals surface area contributed by atoms with Crippen molar-refractivity contribution in [1.82, 2.24) is 10.0 Å². The van der Waals surface area contributed by atoms with Gasteiger partial charge in [-0.2, -0.15) is 0 Å². The molecule has 0 aliphatic rings. The van der Waals surface area contributed by atoms with Crippen LogP contribution in [0.5, 0.6) is 0 Å². The van der Waals surface area contributed by atoms with Gasteiger partial charge in [0.15, 0.2) is 0 Å². The highest BCUT2D eigenvalue weighted by Crippen LogP contribution is 1.96. The van der Waals surface area contributed by atoms with E-state index in [2.05, 4.69) is 11.9 Å². The summed E-state index contributed by atoms with van der Waals surface area (Å²) < 4.78 is 30.3. The largest absolute Gasteiger partial charge is 0.387 e. The van der Waals surface area contributed by atoms with Gasteiger partial charge in [0.05, 0.1) is 12.4 Å². The Bertz CT molecular complexity index is 391. The summed E-state index contributed by atoms with van der Waals surface area (Å²) in [6, 6.07) is 0. The van der Waals surface area contributed by atoms with Gasteiger partial charge in [0.25, 0.3) is 0 Å². The number of hydrogen-bond donors (Lipinski definition) is 2. The number of hydrogen-bond acceptors (Lipinski definition) is 5. The zero-order valence-electron chi connectivity index (χ0n) is 11.9. The summed E-state index contributed by atoms with van der Waals surface area (Å²) in [7, 11) is -3.54. The lowest BCUT2D eigenvalue weighted by atomic mass is 10.2. The van der Waals surface area contributed by atoms with E-state index in [0.29, 0.717) is 26.2 Å². The molecule has 0 aromatic carbocycles. The summed E-state index contributed by atoms with van der Waals surface area (Å²) in [5.41, 5.74) is 0.863. The molecule has 0 bridgehead atoms. The Hall–Kier alpha value is -1.08. The van der Waals surface area contributed by atoms with Crippen molar-refractivity contribution in [2.45, 2.75) is 27.2 Å². The number of carbonyl (C=O) groups is 1. The summed E-state index contributed by atoms with van der Waals surface area (Å²) in [5.74, 6) is -0.940. The summed E-state index contributed by atoms with van der Waals surface area (Å²) in [6.07, 6.45) is 0.355. The van der Waals surface area contributed by atoms with Crippen molar-refractivity contribution in [1.29, 1.82) is 0 Å². The van der Waals surface area contributed by atoms with Gasteiger partial charge < -0.3 is 10.1 Å². The highest BCUT2D eigenvalue weighted by atomic mass is 32.2. The van der Waals surface area contributed by atoms with Gasteiger partial charge in [-0.15, -0.1) is 0 Å². The van der Waals surface area contributed by atoms with Crippen LogP contribution in [0.4, 0.5) is 0 Å². The fourth-order valence-corrected chi connectivity index (χ4v) is 2.25. The fraction of sp³-hybridized carbons (Fsp3) is 0.750. The molecular formula is C12H24N2O4S. The van der Waals surface area contributed by atoms with Crippen molar-refractivity contribution < 1.29 is 17.9 Å². The van der Waals surface area contributed by atoms with Gasteiger partial charge in [-0.05, 0) is 13.3 Å². The van der Waals surface area contributed by atoms with Crippen molar-refractivity contribution in [3.05, 3.63) is 12.3 Å². The minimum atomic E-state index is -3.54. The van der Waals surface area contributed by atoms with E-state index < -0.39 is 15.9 Å². The van der Waals surface area contributed by atoms with Crippen LogP contribution in [0.3, 0.4) is 0 Å². The van der Waals surface area contributed by atoms with E-state index in [-0.39, 0.29) is 11.7 Å². The van der Waals surface area contributed by atoms with E-state index >= 15 is 0 Å². The first-order valence-corrected chi connectivity index (χ1v) is 7.91. The highest BCUT2D eigenvalue weighted by molar-refractivity contribution is 7.90. The van der Waals surface area contributed by atoms with E-state index in [4.69, 9.17) is 4.74 Å². The van der Waals surface area contributed by atoms with Gasteiger partial charge in [-0.25, -0.2) is 8.42 Å². The Morgan fingerprint density at radius 1 is 1.32 bits per heavy atom. The van der Waals surface area contributed by atoms with Crippen LogP contribution >= 0.6 is 0 Å². The molecule has 0 aromatic heterocycles. The SMILES string of the molecule is C=C(C)NCCOCCCS(=O)(=O)NC(=O)C(C)C. The zero-order chi connectivity index (χ0) is 14.9. The Morgan fingerprint density at radius 3 is 2.47 bits per heavy atom. The smallest absolute Gasteiger partial charge is 0.235 e. The van der Waals surface area contributed by atoms with E-state index in [1.165, 1.54) is 0 Å². The number of nitrogens with one attached hydrogen (secondary N) is 2. The third-order valence-electron chi connectivity index (χ3n) is 2.16. The molecule has 19 heavy (non-hydrogen) atoms. The van der Waals surface area contributed by atoms with Gasteiger partial charge in [0.2, 0.25) is 15.9 Å². The fourth-order valence-electron chi connectivity index (χ4n) is 1.11. The lowest BCUT2D eigenvalue weighted by Crippen LogP contribution is -2.35. The van der Waals surface area contributed by atoms with Crippen LogP contribution in [-0.2, 0) is 19.6 Å². The van der Waals surface area contributed by atoms with Crippen molar-refractivity contribution in [2.24, 2.45) is 5.92 Å². The molecule has 0 heterocycles. The van der Waals surface area contributed by atoms with Crippen LogP contribution in [0.15, 0.2) is 12.3 Å². The molecule has 0 spiro atoms. The quantitative estimate of drug-likeness (QED) is 0.577. The Kier molecular flexibility index (Phi) is 8.42. The number of allylic oxidation sites excluding steroid dienone is 1. The van der Waals surface area contributed by atoms with Crippen molar-refractivity contribution in [3.63, 3.8) is 0 Å². The molecule has 7 heteroatoms.